The third-order valence-electron chi connectivity index (χ3n) is 7.32. The number of hydrogen-bond acceptors (Lipinski definition) is 5. The van der Waals surface area contributed by atoms with E-state index in [1.165, 1.54) is 29.2 Å². The second kappa shape index (κ2) is 10.6. The van der Waals surface area contributed by atoms with Gasteiger partial charge in [0.15, 0.2) is 5.78 Å². The zero-order chi connectivity index (χ0) is 26.0. The first-order valence-electron chi connectivity index (χ1n) is 12.1. The van der Waals surface area contributed by atoms with Crippen molar-refractivity contribution in [2.45, 2.75) is 25.2 Å². The Bertz CT molecular complexity index is 1130. The monoisotopic (exact) mass is 504 g/mol. The lowest BCUT2D eigenvalue weighted by Gasteiger charge is -2.44. The van der Waals surface area contributed by atoms with Crippen molar-refractivity contribution < 1.29 is 32.6 Å². The normalized spacial score (nSPS) is 24.1. The molecule has 3 unspecified atom stereocenters. The molecule has 6 nitrogen and oxygen atoms in total. The van der Waals surface area contributed by atoms with E-state index in [-0.39, 0.29) is 36.7 Å². The van der Waals surface area contributed by atoms with Gasteiger partial charge in [-0.15, -0.1) is 0 Å². The van der Waals surface area contributed by atoms with Crippen molar-refractivity contribution >= 4 is 11.7 Å². The van der Waals surface area contributed by atoms with E-state index in [2.05, 4.69) is 0 Å². The molecular weight excluding hydrogens is 473 g/mol. The Kier molecular flexibility index (Phi) is 7.70. The Hall–Kier alpha value is -2.91. The fourth-order valence-electron chi connectivity index (χ4n) is 5.47. The van der Waals surface area contributed by atoms with Gasteiger partial charge >= 0.3 is 0 Å². The van der Waals surface area contributed by atoms with Crippen LogP contribution < -0.4 is 0 Å². The van der Waals surface area contributed by atoms with E-state index in [4.69, 9.17) is 4.74 Å². The summed E-state index contributed by atoms with van der Waals surface area (Å²) in [6.45, 7) is 2.17. The lowest BCUT2D eigenvalue weighted by molar-refractivity contribution is -0.139. The molecule has 4 rings (SSSR count). The van der Waals surface area contributed by atoms with Crippen LogP contribution in [0.5, 0.6) is 5.75 Å². The van der Waals surface area contributed by atoms with E-state index < -0.39 is 48.4 Å². The van der Waals surface area contributed by atoms with Gasteiger partial charge in [0.25, 0.3) is 5.92 Å². The van der Waals surface area contributed by atoms with Crippen molar-refractivity contribution in [2.24, 2.45) is 11.8 Å². The molecule has 0 spiro atoms. The lowest BCUT2D eigenvalue weighted by atomic mass is 9.69. The van der Waals surface area contributed by atoms with Gasteiger partial charge in [-0.05, 0) is 36.2 Å². The quantitative estimate of drug-likeness (QED) is 0.580. The number of benzene rings is 2. The third-order valence-corrected chi connectivity index (χ3v) is 7.32. The highest BCUT2D eigenvalue weighted by Gasteiger charge is 2.49. The van der Waals surface area contributed by atoms with Crippen LogP contribution in [0.1, 0.15) is 33.8 Å². The number of ketones is 1. The number of phenolic OH excluding ortho intramolecular Hbond substituents is 1. The first-order valence-corrected chi connectivity index (χ1v) is 12.1. The average Bonchev–Trinajstić information content (AvgIpc) is 3.22. The van der Waals surface area contributed by atoms with Gasteiger partial charge in [0.2, 0.25) is 5.91 Å². The van der Waals surface area contributed by atoms with Crippen molar-refractivity contribution in [3.8, 4) is 5.75 Å². The van der Waals surface area contributed by atoms with Gasteiger partial charge in [-0.3, -0.25) is 14.5 Å². The minimum absolute atomic E-state index is 0.0690. The number of alkyl halides is 2. The molecule has 194 valence electrons. The Morgan fingerprint density at radius 1 is 1.14 bits per heavy atom. The number of nitrogens with zero attached hydrogens (tertiary/aromatic N) is 2. The topological polar surface area (TPSA) is 70.1 Å². The number of halogens is 3. The smallest absolute Gasteiger partial charge is 0.267 e. The van der Waals surface area contributed by atoms with Crippen molar-refractivity contribution in [1.29, 1.82) is 0 Å². The predicted octanol–water partition coefficient (Wildman–Crippen LogP) is 3.87. The number of piperidine rings is 1. The zero-order valence-electron chi connectivity index (χ0n) is 20.4. The highest BCUT2D eigenvalue weighted by atomic mass is 19.3. The Labute approximate surface area is 208 Å². The van der Waals surface area contributed by atoms with Crippen LogP contribution in [0.15, 0.2) is 42.5 Å². The van der Waals surface area contributed by atoms with Gasteiger partial charge in [-0.2, -0.15) is 0 Å². The summed E-state index contributed by atoms with van der Waals surface area (Å²) >= 11 is 0. The van der Waals surface area contributed by atoms with Crippen LogP contribution in [-0.2, 0) is 9.53 Å². The number of amides is 1. The highest BCUT2D eigenvalue weighted by molar-refractivity contribution is 5.99. The summed E-state index contributed by atoms with van der Waals surface area (Å²) in [4.78, 5) is 30.7. The van der Waals surface area contributed by atoms with Crippen molar-refractivity contribution in [3.05, 3.63) is 65.0 Å². The number of ether oxygens (including phenoxy) is 1. The Morgan fingerprint density at radius 2 is 1.86 bits per heavy atom. The van der Waals surface area contributed by atoms with Gasteiger partial charge in [-0.25, -0.2) is 13.2 Å². The lowest BCUT2D eigenvalue weighted by Crippen LogP contribution is -2.54. The molecule has 2 aromatic rings. The van der Waals surface area contributed by atoms with Gasteiger partial charge in [0.1, 0.15) is 11.6 Å². The molecule has 1 amide bonds. The molecule has 1 N–H and O–H groups in total. The number of likely N-dealkylation sites (tertiary alicyclic amines) is 2. The first kappa shape index (κ1) is 26.2. The fourth-order valence-corrected chi connectivity index (χ4v) is 5.47. The van der Waals surface area contributed by atoms with Gasteiger partial charge < -0.3 is 14.7 Å². The van der Waals surface area contributed by atoms with E-state index in [9.17, 15) is 27.9 Å². The van der Waals surface area contributed by atoms with Crippen LogP contribution in [-0.4, -0.2) is 79.0 Å². The molecule has 36 heavy (non-hydrogen) atoms. The Morgan fingerprint density at radius 3 is 2.53 bits per heavy atom. The van der Waals surface area contributed by atoms with Crippen molar-refractivity contribution in [3.63, 3.8) is 0 Å². The van der Waals surface area contributed by atoms with Crippen LogP contribution >= 0.6 is 0 Å². The predicted molar refractivity (Wildman–Crippen MR) is 128 cm³/mol. The molecule has 0 radical (unpaired) electrons. The number of Topliss-reactive ketones (excluding diaryl/α,β-unsaturated/α-hetero) is 1. The molecule has 0 bridgehead atoms. The maximum absolute atomic E-state index is 14.7. The average molecular weight is 505 g/mol. The number of phenols is 1. The number of carbonyl (C=O) groups excluding carboxylic acids is 2. The molecule has 2 aromatic carbocycles. The second-order valence-corrected chi connectivity index (χ2v) is 9.73. The first-order chi connectivity index (χ1) is 17.1. The maximum Gasteiger partial charge on any atom is 0.267 e. The van der Waals surface area contributed by atoms with E-state index in [0.29, 0.717) is 24.3 Å². The summed E-state index contributed by atoms with van der Waals surface area (Å²) in [7, 11) is 1.55. The summed E-state index contributed by atoms with van der Waals surface area (Å²) < 4.78 is 47.9. The Balaban J connectivity index is 1.80. The van der Waals surface area contributed by atoms with Crippen LogP contribution in [0.3, 0.4) is 0 Å². The van der Waals surface area contributed by atoms with Crippen LogP contribution in [0.25, 0.3) is 0 Å². The molecule has 0 saturated carbocycles. The minimum atomic E-state index is -2.96. The van der Waals surface area contributed by atoms with E-state index in [1.807, 2.05) is 4.90 Å². The number of carbonyl (C=O) groups is 2. The summed E-state index contributed by atoms with van der Waals surface area (Å²) in [6, 6.07) is 10.5. The number of rotatable bonds is 7. The SMILES string of the molecule is COCCN1CC(C(=O)c2cccc(O)c2)C(c2cccc(F)c2C)C(C(=O)N2CCC(F)(F)C2)C1. The van der Waals surface area contributed by atoms with E-state index in [0.717, 1.165) is 0 Å². The van der Waals surface area contributed by atoms with Gasteiger partial charge in [0, 0.05) is 57.1 Å². The van der Waals surface area contributed by atoms with Crippen molar-refractivity contribution in [1.82, 2.24) is 9.80 Å². The van der Waals surface area contributed by atoms with Crippen LogP contribution in [0, 0.1) is 24.6 Å². The summed E-state index contributed by atoms with van der Waals surface area (Å²) in [5, 5.41) is 9.96. The molecule has 2 aliphatic rings. The van der Waals surface area contributed by atoms with E-state index >= 15 is 0 Å². The second-order valence-electron chi connectivity index (χ2n) is 9.73. The summed E-state index contributed by atoms with van der Waals surface area (Å²) in [5.74, 6) is -6.58. The summed E-state index contributed by atoms with van der Waals surface area (Å²) in [6.07, 6.45) is -0.409. The summed E-state index contributed by atoms with van der Waals surface area (Å²) in [5.41, 5.74) is 1.11. The standard InChI is InChI=1S/C27H31F3N2O4/c1-17-20(7-4-8-23(17)28)24-21(25(34)18-5-3-6-19(33)13-18)14-31(11-12-36-2)15-22(24)26(35)32-10-9-27(29,30)16-32/h3-8,13,21-22,24,33H,9-12,14-16H2,1-2H3. The van der Waals surface area contributed by atoms with Crippen molar-refractivity contribution in [2.75, 3.05) is 46.4 Å². The van der Waals surface area contributed by atoms with Crippen LogP contribution in [0.4, 0.5) is 13.2 Å². The zero-order valence-corrected chi connectivity index (χ0v) is 20.4. The third kappa shape index (κ3) is 5.42. The molecule has 2 heterocycles. The molecule has 9 heteroatoms. The van der Waals surface area contributed by atoms with Crippen LogP contribution in [0.2, 0.25) is 0 Å². The molecular formula is C27H31F3N2O4. The number of hydrogen-bond donors (Lipinski definition) is 1. The molecule has 2 saturated heterocycles. The van der Waals surface area contributed by atoms with Gasteiger partial charge in [-0.1, -0.05) is 24.3 Å². The number of aromatic hydroxyl groups is 1. The fraction of sp³-hybridized carbons (Fsp3) is 0.481. The maximum atomic E-state index is 14.7. The highest BCUT2D eigenvalue weighted by Crippen LogP contribution is 2.43. The van der Waals surface area contributed by atoms with E-state index in [1.54, 1.807) is 32.2 Å². The molecule has 0 aliphatic carbocycles. The molecule has 0 aromatic heterocycles. The molecule has 2 fully saturated rings. The molecule has 2 aliphatic heterocycles. The largest absolute Gasteiger partial charge is 0.508 e. The number of methoxy groups -OCH3 is 1. The molecule has 3 atom stereocenters. The minimum Gasteiger partial charge on any atom is -0.508 e. The van der Waals surface area contributed by atoms with Gasteiger partial charge in [0.05, 0.1) is 19.1 Å².